The van der Waals surface area contributed by atoms with Crippen LogP contribution in [0.5, 0.6) is 5.75 Å². The standard InChI is InChI=1S/C14H13ClFNO3/c1-9(13-3-2-6-19-13)17-14(18)8-20-10-4-5-12(16)11(15)7-10/h2-7,9H,8H2,1H3,(H,17,18)/t9-/m0/s1. The summed E-state index contributed by atoms with van der Waals surface area (Å²) in [6.45, 7) is 1.61. The topological polar surface area (TPSA) is 51.5 Å². The van der Waals surface area contributed by atoms with E-state index in [9.17, 15) is 9.18 Å². The van der Waals surface area contributed by atoms with E-state index in [2.05, 4.69) is 5.32 Å². The first-order valence-electron chi connectivity index (χ1n) is 5.97. The van der Waals surface area contributed by atoms with Crippen LogP contribution in [-0.4, -0.2) is 12.5 Å². The van der Waals surface area contributed by atoms with Crippen LogP contribution in [0.4, 0.5) is 4.39 Å². The van der Waals surface area contributed by atoms with Crippen LogP contribution in [0.15, 0.2) is 41.0 Å². The molecule has 0 aliphatic rings. The number of carbonyl (C=O) groups is 1. The molecule has 2 rings (SSSR count). The molecule has 4 nitrogen and oxygen atoms in total. The van der Waals surface area contributed by atoms with Crippen molar-refractivity contribution in [1.29, 1.82) is 0 Å². The third-order valence-electron chi connectivity index (χ3n) is 2.61. The maximum Gasteiger partial charge on any atom is 0.258 e. The van der Waals surface area contributed by atoms with Gasteiger partial charge in [0.25, 0.3) is 5.91 Å². The van der Waals surface area contributed by atoms with Crippen LogP contribution < -0.4 is 10.1 Å². The van der Waals surface area contributed by atoms with Gasteiger partial charge in [-0.25, -0.2) is 4.39 Å². The molecule has 1 heterocycles. The van der Waals surface area contributed by atoms with E-state index in [0.29, 0.717) is 11.5 Å². The Labute approximate surface area is 120 Å². The molecule has 0 aliphatic heterocycles. The highest BCUT2D eigenvalue weighted by Crippen LogP contribution is 2.21. The minimum absolute atomic E-state index is 0.0492. The lowest BCUT2D eigenvalue weighted by atomic mass is 10.2. The van der Waals surface area contributed by atoms with Crippen LogP contribution in [0.2, 0.25) is 5.02 Å². The van der Waals surface area contributed by atoms with Gasteiger partial charge in [-0.1, -0.05) is 11.6 Å². The van der Waals surface area contributed by atoms with E-state index >= 15 is 0 Å². The zero-order valence-corrected chi connectivity index (χ0v) is 11.5. The van der Waals surface area contributed by atoms with E-state index in [0.717, 1.165) is 0 Å². The van der Waals surface area contributed by atoms with Gasteiger partial charge in [-0.15, -0.1) is 0 Å². The number of carbonyl (C=O) groups excluding carboxylic acids is 1. The van der Waals surface area contributed by atoms with Crippen LogP contribution in [0.3, 0.4) is 0 Å². The summed E-state index contributed by atoms with van der Waals surface area (Å²) in [5.74, 6) is 0.143. The normalized spacial score (nSPS) is 11.9. The van der Waals surface area contributed by atoms with Crippen molar-refractivity contribution >= 4 is 17.5 Å². The molecule has 1 atom stereocenters. The summed E-state index contributed by atoms with van der Waals surface area (Å²) in [5.41, 5.74) is 0. The fourth-order valence-corrected chi connectivity index (χ4v) is 1.78. The van der Waals surface area contributed by atoms with Crippen molar-refractivity contribution in [1.82, 2.24) is 5.32 Å². The van der Waals surface area contributed by atoms with Gasteiger partial charge in [-0.2, -0.15) is 0 Å². The fourth-order valence-electron chi connectivity index (χ4n) is 1.61. The lowest BCUT2D eigenvalue weighted by Gasteiger charge is -2.12. The lowest BCUT2D eigenvalue weighted by molar-refractivity contribution is -0.123. The quantitative estimate of drug-likeness (QED) is 0.921. The highest BCUT2D eigenvalue weighted by atomic mass is 35.5. The van der Waals surface area contributed by atoms with E-state index in [1.807, 2.05) is 0 Å². The predicted octanol–water partition coefficient (Wildman–Crippen LogP) is 3.33. The predicted molar refractivity (Wildman–Crippen MR) is 72.2 cm³/mol. The van der Waals surface area contributed by atoms with E-state index in [1.54, 1.807) is 19.1 Å². The molecule has 0 saturated carbocycles. The molecular weight excluding hydrogens is 285 g/mol. The van der Waals surface area contributed by atoms with Crippen molar-refractivity contribution in [3.05, 3.63) is 53.2 Å². The zero-order chi connectivity index (χ0) is 14.5. The van der Waals surface area contributed by atoms with Crippen LogP contribution in [0, 0.1) is 5.82 Å². The molecule has 1 N–H and O–H groups in total. The van der Waals surface area contributed by atoms with E-state index < -0.39 is 5.82 Å². The maximum atomic E-state index is 12.9. The van der Waals surface area contributed by atoms with Crippen molar-refractivity contribution in [3.8, 4) is 5.75 Å². The molecule has 106 valence electrons. The summed E-state index contributed by atoms with van der Waals surface area (Å²) in [6.07, 6.45) is 1.54. The number of hydrogen-bond acceptors (Lipinski definition) is 3. The summed E-state index contributed by atoms with van der Waals surface area (Å²) in [4.78, 5) is 11.7. The van der Waals surface area contributed by atoms with E-state index in [1.165, 1.54) is 24.5 Å². The average Bonchev–Trinajstić information content (AvgIpc) is 2.94. The Morgan fingerprint density at radius 2 is 2.30 bits per heavy atom. The van der Waals surface area contributed by atoms with Crippen molar-refractivity contribution in [2.24, 2.45) is 0 Å². The summed E-state index contributed by atoms with van der Waals surface area (Å²) >= 11 is 5.61. The number of benzene rings is 1. The number of nitrogens with one attached hydrogen (secondary N) is 1. The SMILES string of the molecule is C[C@H](NC(=O)COc1ccc(F)c(Cl)c1)c1ccco1. The number of rotatable bonds is 5. The lowest BCUT2D eigenvalue weighted by Crippen LogP contribution is -2.31. The maximum absolute atomic E-state index is 12.9. The summed E-state index contributed by atoms with van der Waals surface area (Å²) in [7, 11) is 0. The van der Waals surface area contributed by atoms with Gasteiger partial charge in [0.1, 0.15) is 17.3 Å². The number of furan rings is 1. The molecule has 1 aromatic heterocycles. The molecular formula is C14H13ClFNO3. The number of amides is 1. The van der Waals surface area contributed by atoms with Gasteiger partial charge in [-0.3, -0.25) is 4.79 Å². The molecule has 20 heavy (non-hydrogen) atoms. The first-order valence-corrected chi connectivity index (χ1v) is 6.34. The fraction of sp³-hybridized carbons (Fsp3) is 0.214. The van der Waals surface area contributed by atoms with E-state index in [4.69, 9.17) is 20.8 Å². The molecule has 1 aromatic carbocycles. The van der Waals surface area contributed by atoms with E-state index in [-0.39, 0.29) is 23.6 Å². The smallest absolute Gasteiger partial charge is 0.258 e. The highest BCUT2D eigenvalue weighted by molar-refractivity contribution is 6.30. The second-order valence-electron chi connectivity index (χ2n) is 4.17. The van der Waals surface area contributed by atoms with Gasteiger partial charge in [0, 0.05) is 6.07 Å². The van der Waals surface area contributed by atoms with Crippen molar-refractivity contribution < 1.29 is 18.3 Å². The van der Waals surface area contributed by atoms with Gasteiger partial charge < -0.3 is 14.5 Å². The van der Waals surface area contributed by atoms with Gasteiger partial charge in [-0.05, 0) is 31.2 Å². The summed E-state index contributed by atoms with van der Waals surface area (Å²) in [6, 6.07) is 7.17. The van der Waals surface area contributed by atoms with Crippen molar-refractivity contribution in [2.45, 2.75) is 13.0 Å². The molecule has 0 fully saturated rings. The largest absolute Gasteiger partial charge is 0.484 e. The van der Waals surface area contributed by atoms with Crippen LogP contribution in [0.25, 0.3) is 0 Å². The van der Waals surface area contributed by atoms with Gasteiger partial charge >= 0.3 is 0 Å². The Kier molecular flexibility index (Phi) is 4.63. The van der Waals surface area contributed by atoms with Crippen LogP contribution in [-0.2, 0) is 4.79 Å². The summed E-state index contributed by atoms with van der Waals surface area (Å²) in [5, 5.41) is 2.66. The number of hydrogen-bond donors (Lipinski definition) is 1. The third kappa shape index (κ3) is 3.74. The Hall–Kier alpha value is -2.01. The molecule has 2 aromatic rings. The monoisotopic (exact) mass is 297 g/mol. The van der Waals surface area contributed by atoms with Crippen LogP contribution >= 0.6 is 11.6 Å². The minimum Gasteiger partial charge on any atom is -0.484 e. The second kappa shape index (κ2) is 6.43. The average molecular weight is 298 g/mol. The summed E-state index contributed by atoms with van der Waals surface area (Å²) < 4.78 is 23.4. The minimum atomic E-state index is -0.532. The molecule has 0 radical (unpaired) electrons. The molecule has 1 amide bonds. The second-order valence-corrected chi connectivity index (χ2v) is 4.58. The molecule has 0 saturated heterocycles. The first-order chi connectivity index (χ1) is 9.56. The Bertz CT molecular complexity index is 586. The molecule has 6 heteroatoms. The third-order valence-corrected chi connectivity index (χ3v) is 2.90. The molecule has 0 spiro atoms. The van der Waals surface area contributed by atoms with Crippen molar-refractivity contribution in [2.75, 3.05) is 6.61 Å². The van der Waals surface area contributed by atoms with Crippen LogP contribution in [0.1, 0.15) is 18.7 Å². The Balaban J connectivity index is 1.84. The number of halogens is 2. The molecule has 0 unspecified atom stereocenters. The number of ether oxygens (including phenoxy) is 1. The first kappa shape index (κ1) is 14.4. The Morgan fingerprint density at radius 1 is 1.50 bits per heavy atom. The van der Waals surface area contributed by atoms with Gasteiger partial charge in [0.2, 0.25) is 0 Å². The van der Waals surface area contributed by atoms with Gasteiger partial charge in [0.05, 0.1) is 17.3 Å². The Morgan fingerprint density at radius 3 is 2.95 bits per heavy atom. The van der Waals surface area contributed by atoms with Crippen molar-refractivity contribution in [3.63, 3.8) is 0 Å². The molecule has 0 bridgehead atoms. The molecule has 0 aliphatic carbocycles. The highest BCUT2D eigenvalue weighted by Gasteiger charge is 2.12. The zero-order valence-electron chi connectivity index (χ0n) is 10.7. The van der Waals surface area contributed by atoms with Gasteiger partial charge in [0.15, 0.2) is 6.61 Å².